The molecule has 1 amide bonds. The first-order valence-electron chi connectivity index (χ1n) is 14.4. The van der Waals surface area contributed by atoms with Crippen molar-refractivity contribution in [1.82, 2.24) is 14.6 Å². The standard InChI is InChI=1S/C31H47N3O4S/c1-21-25(29(35)32-24-14-16-38-17-15-24)19-27(34(21)20-22-10-8-9-11-22)23-12-13-28(26(18-23)30(2,3)4)39(36,37)33-31(5,6)7/h12-13,18-19,22,24,33H,8-11,14-17,20H2,1-7H3,(H,32,35). The van der Waals surface area contributed by atoms with Crippen LogP contribution in [0.2, 0.25) is 0 Å². The Labute approximate surface area is 235 Å². The van der Waals surface area contributed by atoms with Crippen molar-refractivity contribution in [2.75, 3.05) is 13.2 Å². The van der Waals surface area contributed by atoms with Crippen LogP contribution in [0.4, 0.5) is 0 Å². The van der Waals surface area contributed by atoms with Gasteiger partial charge in [-0.1, -0.05) is 39.7 Å². The van der Waals surface area contributed by atoms with Crippen LogP contribution >= 0.6 is 0 Å². The lowest BCUT2D eigenvalue weighted by Crippen LogP contribution is -2.41. The average molecular weight is 558 g/mol. The zero-order valence-electron chi connectivity index (χ0n) is 24.8. The highest BCUT2D eigenvalue weighted by atomic mass is 32.2. The molecule has 0 spiro atoms. The summed E-state index contributed by atoms with van der Waals surface area (Å²) in [5, 5.41) is 3.23. The van der Waals surface area contributed by atoms with Gasteiger partial charge in [-0.2, -0.15) is 0 Å². The summed E-state index contributed by atoms with van der Waals surface area (Å²) in [7, 11) is -3.72. The molecular weight excluding hydrogens is 510 g/mol. The molecule has 1 aliphatic heterocycles. The predicted octanol–water partition coefficient (Wildman–Crippen LogP) is 5.94. The van der Waals surface area contributed by atoms with E-state index in [9.17, 15) is 13.2 Å². The molecule has 1 saturated carbocycles. The molecular formula is C31H47N3O4S. The summed E-state index contributed by atoms with van der Waals surface area (Å²) in [6.45, 7) is 15.9. The number of amides is 1. The Kier molecular flexibility index (Phi) is 8.70. The number of ether oxygens (including phenoxy) is 1. The van der Waals surface area contributed by atoms with Gasteiger partial charge < -0.3 is 14.6 Å². The Balaban J connectivity index is 1.79. The second-order valence-corrected chi connectivity index (χ2v) is 15.1. The van der Waals surface area contributed by atoms with E-state index in [-0.39, 0.29) is 11.9 Å². The van der Waals surface area contributed by atoms with Crippen molar-refractivity contribution < 1.29 is 17.9 Å². The van der Waals surface area contributed by atoms with E-state index in [1.54, 1.807) is 6.07 Å². The summed E-state index contributed by atoms with van der Waals surface area (Å²) < 4.78 is 37.4. The molecule has 1 aromatic carbocycles. The van der Waals surface area contributed by atoms with E-state index in [2.05, 4.69) is 14.6 Å². The van der Waals surface area contributed by atoms with E-state index >= 15 is 0 Å². The van der Waals surface area contributed by atoms with Crippen molar-refractivity contribution in [2.24, 2.45) is 5.92 Å². The van der Waals surface area contributed by atoms with Crippen LogP contribution in [0.25, 0.3) is 11.3 Å². The van der Waals surface area contributed by atoms with Gasteiger partial charge in [0.25, 0.3) is 5.91 Å². The number of rotatable bonds is 7. The fraction of sp³-hybridized carbons (Fsp3) is 0.645. The molecule has 7 nitrogen and oxygen atoms in total. The number of carbonyl (C=O) groups excluding carboxylic acids is 1. The number of hydrogen-bond donors (Lipinski definition) is 2. The van der Waals surface area contributed by atoms with E-state index in [4.69, 9.17) is 4.74 Å². The maximum Gasteiger partial charge on any atom is 0.253 e. The highest BCUT2D eigenvalue weighted by Crippen LogP contribution is 2.36. The van der Waals surface area contributed by atoms with Gasteiger partial charge >= 0.3 is 0 Å². The number of benzene rings is 1. The van der Waals surface area contributed by atoms with Crippen molar-refractivity contribution in [1.29, 1.82) is 0 Å². The number of carbonyl (C=O) groups is 1. The van der Waals surface area contributed by atoms with Crippen LogP contribution in [0.15, 0.2) is 29.2 Å². The zero-order valence-corrected chi connectivity index (χ0v) is 25.6. The molecule has 4 rings (SSSR count). The molecule has 0 unspecified atom stereocenters. The molecule has 2 aromatic rings. The van der Waals surface area contributed by atoms with Crippen LogP contribution in [-0.2, 0) is 26.7 Å². The summed E-state index contributed by atoms with van der Waals surface area (Å²) in [6.07, 6.45) is 6.55. The van der Waals surface area contributed by atoms with Gasteiger partial charge in [0, 0.05) is 42.7 Å². The minimum atomic E-state index is -3.72. The number of hydrogen-bond acceptors (Lipinski definition) is 4. The van der Waals surface area contributed by atoms with Gasteiger partial charge in [0.1, 0.15) is 0 Å². The van der Waals surface area contributed by atoms with Crippen LogP contribution in [0.1, 0.15) is 102 Å². The first-order chi connectivity index (χ1) is 18.2. The maximum atomic E-state index is 13.5. The zero-order chi connectivity index (χ0) is 28.6. The van der Waals surface area contributed by atoms with Crippen molar-refractivity contribution in [2.45, 2.75) is 115 Å². The van der Waals surface area contributed by atoms with E-state index in [0.29, 0.717) is 29.6 Å². The van der Waals surface area contributed by atoms with Gasteiger partial charge in [-0.25, -0.2) is 13.1 Å². The maximum absolute atomic E-state index is 13.5. The molecule has 2 N–H and O–H groups in total. The number of aromatic nitrogens is 1. The Morgan fingerprint density at radius 1 is 1.00 bits per heavy atom. The van der Waals surface area contributed by atoms with Gasteiger partial charge in [-0.15, -0.1) is 0 Å². The largest absolute Gasteiger partial charge is 0.381 e. The lowest BCUT2D eigenvalue weighted by Gasteiger charge is -2.27. The third kappa shape index (κ3) is 7.14. The molecule has 8 heteroatoms. The van der Waals surface area contributed by atoms with Crippen LogP contribution in [0.3, 0.4) is 0 Å². The molecule has 1 saturated heterocycles. The van der Waals surface area contributed by atoms with Crippen molar-refractivity contribution in [3.05, 3.63) is 41.1 Å². The first kappa shape index (κ1) is 29.8. The Morgan fingerprint density at radius 2 is 1.64 bits per heavy atom. The van der Waals surface area contributed by atoms with Gasteiger partial charge in [-0.3, -0.25) is 4.79 Å². The Hall–Kier alpha value is -2.16. The molecule has 1 aromatic heterocycles. The summed E-state index contributed by atoms with van der Waals surface area (Å²) in [6, 6.07) is 7.76. The van der Waals surface area contributed by atoms with Crippen LogP contribution in [0.5, 0.6) is 0 Å². The second-order valence-electron chi connectivity index (χ2n) is 13.5. The summed E-state index contributed by atoms with van der Waals surface area (Å²) >= 11 is 0. The summed E-state index contributed by atoms with van der Waals surface area (Å²) in [5.41, 5.74) is 3.32. The fourth-order valence-corrected chi connectivity index (χ4v) is 7.69. The number of nitrogens with one attached hydrogen (secondary N) is 2. The van der Waals surface area contributed by atoms with E-state index in [1.165, 1.54) is 25.7 Å². The van der Waals surface area contributed by atoms with Crippen LogP contribution in [-0.4, -0.2) is 43.7 Å². The van der Waals surface area contributed by atoms with Crippen molar-refractivity contribution in [3.8, 4) is 11.3 Å². The fourth-order valence-electron chi connectivity index (χ4n) is 5.87. The summed E-state index contributed by atoms with van der Waals surface area (Å²) in [5.74, 6) is 0.536. The molecule has 1 aliphatic carbocycles. The molecule has 2 aliphatic rings. The van der Waals surface area contributed by atoms with Crippen LogP contribution in [0, 0.1) is 12.8 Å². The predicted molar refractivity (Wildman–Crippen MR) is 157 cm³/mol. The monoisotopic (exact) mass is 557 g/mol. The smallest absolute Gasteiger partial charge is 0.253 e. The van der Waals surface area contributed by atoms with Crippen LogP contribution < -0.4 is 10.0 Å². The lowest BCUT2D eigenvalue weighted by molar-refractivity contribution is 0.0696. The van der Waals surface area contributed by atoms with E-state index < -0.39 is 21.0 Å². The average Bonchev–Trinajstić information content (AvgIpc) is 3.46. The molecule has 2 heterocycles. The number of sulfonamides is 1. The quantitative estimate of drug-likeness (QED) is 0.441. The van der Waals surface area contributed by atoms with Gasteiger partial charge in [0.05, 0.1) is 10.5 Å². The van der Waals surface area contributed by atoms with Crippen molar-refractivity contribution in [3.63, 3.8) is 0 Å². The normalized spacial score (nSPS) is 18.0. The highest BCUT2D eigenvalue weighted by molar-refractivity contribution is 7.89. The minimum Gasteiger partial charge on any atom is -0.381 e. The SMILES string of the molecule is Cc1c(C(=O)NC2CCOCC2)cc(-c2ccc(S(=O)(=O)NC(C)(C)C)c(C(C)(C)C)c2)n1CC1CCCC1. The molecule has 0 atom stereocenters. The van der Waals surface area contributed by atoms with Gasteiger partial charge in [-0.05, 0) is 94.0 Å². The Morgan fingerprint density at radius 3 is 2.23 bits per heavy atom. The highest BCUT2D eigenvalue weighted by Gasteiger charge is 2.31. The first-order valence-corrected chi connectivity index (χ1v) is 15.9. The third-order valence-corrected chi connectivity index (χ3v) is 9.71. The third-order valence-electron chi connectivity index (χ3n) is 7.90. The number of nitrogens with zero attached hydrogens (tertiary/aromatic N) is 1. The molecule has 2 fully saturated rings. The molecule has 39 heavy (non-hydrogen) atoms. The van der Waals surface area contributed by atoms with E-state index in [0.717, 1.165) is 41.9 Å². The minimum absolute atomic E-state index is 0.0459. The topological polar surface area (TPSA) is 89.4 Å². The van der Waals surface area contributed by atoms with Gasteiger partial charge in [0.15, 0.2) is 0 Å². The summed E-state index contributed by atoms with van der Waals surface area (Å²) in [4.78, 5) is 13.8. The molecule has 0 bridgehead atoms. The molecule has 0 radical (unpaired) electrons. The Bertz CT molecular complexity index is 1290. The van der Waals surface area contributed by atoms with Crippen molar-refractivity contribution >= 4 is 15.9 Å². The van der Waals surface area contributed by atoms with Gasteiger partial charge in [0.2, 0.25) is 10.0 Å². The lowest BCUT2D eigenvalue weighted by atomic mass is 9.85. The second kappa shape index (κ2) is 11.4. The van der Waals surface area contributed by atoms with E-state index in [1.807, 2.05) is 66.7 Å². The molecule has 216 valence electrons.